The molecule has 2 amide bonds. The molecule has 27 heavy (non-hydrogen) atoms. The Morgan fingerprint density at radius 3 is 2.19 bits per heavy atom. The summed E-state index contributed by atoms with van der Waals surface area (Å²) in [5, 5.41) is 3.08. The summed E-state index contributed by atoms with van der Waals surface area (Å²) in [5.74, 6) is 0.325. The van der Waals surface area contributed by atoms with E-state index in [0.29, 0.717) is 13.1 Å². The third kappa shape index (κ3) is 5.02. The van der Waals surface area contributed by atoms with Crippen LogP contribution in [0.3, 0.4) is 0 Å². The first-order chi connectivity index (χ1) is 13.1. The van der Waals surface area contributed by atoms with Crippen molar-refractivity contribution in [3.8, 4) is 0 Å². The van der Waals surface area contributed by atoms with E-state index in [1.165, 1.54) is 12.1 Å². The average Bonchev–Trinajstić information content (AvgIpc) is 2.72. The SMILES string of the molecule is CC(C)[C@H](NC(=O)C1CCCCC1)C(=O)N1CCN(c2ccccc2)CC1. The van der Waals surface area contributed by atoms with Gasteiger partial charge in [0, 0.05) is 37.8 Å². The highest BCUT2D eigenvalue weighted by molar-refractivity contribution is 5.89. The van der Waals surface area contributed by atoms with Crippen LogP contribution >= 0.6 is 0 Å². The van der Waals surface area contributed by atoms with E-state index in [2.05, 4.69) is 22.3 Å². The normalized spacial score (nSPS) is 19.8. The van der Waals surface area contributed by atoms with Gasteiger partial charge in [0.1, 0.15) is 6.04 Å². The predicted molar refractivity (Wildman–Crippen MR) is 109 cm³/mol. The third-order valence-corrected chi connectivity index (χ3v) is 5.92. The van der Waals surface area contributed by atoms with Crippen molar-refractivity contribution >= 4 is 17.5 Å². The molecule has 0 unspecified atom stereocenters. The van der Waals surface area contributed by atoms with Crippen LogP contribution in [0.1, 0.15) is 46.0 Å². The minimum Gasteiger partial charge on any atom is -0.368 e. The van der Waals surface area contributed by atoms with Gasteiger partial charge in [-0.05, 0) is 30.9 Å². The second-order valence-electron chi connectivity index (χ2n) is 8.21. The van der Waals surface area contributed by atoms with Gasteiger partial charge in [0.25, 0.3) is 0 Å². The number of hydrogen-bond acceptors (Lipinski definition) is 3. The molecule has 1 atom stereocenters. The van der Waals surface area contributed by atoms with Crippen molar-refractivity contribution in [2.24, 2.45) is 11.8 Å². The van der Waals surface area contributed by atoms with Crippen LogP contribution in [0.2, 0.25) is 0 Å². The summed E-state index contributed by atoms with van der Waals surface area (Å²) in [6, 6.07) is 9.91. The van der Waals surface area contributed by atoms with Crippen LogP contribution in [0.5, 0.6) is 0 Å². The molecule has 0 spiro atoms. The monoisotopic (exact) mass is 371 g/mol. The quantitative estimate of drug-likeness (QED) is 0.865. The van der Waals surface area contributed by atoms with E-state index < -0.39 is 6.04 Å². The van der Waals surface area contributed by atoms with Crippen LogP contribution < -0.4 is 10.2 Å². The van der Waals surface area contributed by atoms with E-state index in [-0.39, 0.29) is 23.7 Å². The summed E-state index contributed by atoms with van der Waals surface area (Å²) >= 11 is 0. The number of nitrogens with zero attached hydrogens (tertiary/aromatic N) is 2. The van der Waals surface area contributed by atoms with Gasteiger partial charge in [0.05, 0.1) is 0 Å². The second-order valence-corrected chi connectivity index (χ2v) is 8.21. The van der Waals surface area contributed by atoms with Crippen LogP contribution in [-0.2, 0) is 9.59 Å². The fraction of sp³-hybridized carbons (Fsp3) is 0.636. The molecule has 0 aromatic heterocycles. The van der Waals surface area contributed by atoms with Gasteiger partial charge >= 0.3 is 0 Å². The highest BCUT2D eigenvalue weighted by Gasteiger charge is 2.32. The summed E-state index contributed by atoms with van der Waals surface area (Å²) < 4.78 is 0. The second kappa shape index (κ2) is 9.25. The number of hydrogen-bond donors (Lipinski definition) is 1. The van der Waals surface area contributed by atoms with Gasteiger partial charge in [-0.25, -0.2) is 0 Å². The van der Waals surface area contributed by atoms with Crippen LogP contribution in [0.15, 0.2) is 30.3 Å². The first-order valence-corrected chi connectivity index (χ1v) is 10.5. The summed E-state index contributed by atoms with van der Waals surface area (Å²) in [6.07, 6.45) is 5.39. The molecule has 1 aliphatic heterocycles. The van der Waals surface area contributed by atoms with E-state index in [4.69, 9.17) is 0 Å². The van der Waals surface area contributed by atoms with E-state index in [9.17, 15) is 9.59 Å². The van der Waals surface area contributed by atoms with E-state index >= 15 is 0 Å². The molecule has 2 fully saturated rings. The van der Waals surface area contributed by atoms with Gasteiger partial charge in [-0.15, -0.1) is 0 Å². The summed E-state index contributed by atoms with van der Waals surface area (Å²) in [4.78, 5) is 30.0. The van der Waals surface area contributed by atoms with Gasteiger partial charge in [-0.1, -0.05) is 51.3 Å². The van der Waals surface area contributed by atoms with Crippen molar-refractivity contribution in [3.63, 3.8) is 0 Å². The van der Waals surface area contributed by atoms with E-state index in [1.54, 1.807) is 0 Å². The number of para-hydroxylation sites is 1. The molecular formula is C22H33N3O2. The summed E-state index contributed by atoms with van der Waals surface area (Å²) in [5.41, 5.74) is 1.20. The summed E-state index contributed by atoms with van der Waals surface area (Å²) in [7, 11) is 0. The largest absolute Gasteiger partial charge is 0.368 e. The first-order valence-electron chi connectivity index (χ1n) is 10.5. The fourth-order valence-corrected chi connectivity index (χ4v) is 4.17. The molecular weight excluding hydrogens is 338 g/mol. The maximum Gasteiger partial charge on any atom is 0.245 e. The van der Waals surface area contributed by atoms with Crippen LogP contribution in [0.4, 0.5) is 5.69 Å². The Balaban J connectivity index is 1.56. The Morgan fingerprint density at radius 2 is 1.59 bits per heavy atom. The number of rotatable bonds is 5. The molecule has 0 radical (unpaired) electrons. The van der Waals surface area contributed by atoms with Gasteiger partial charge in [-0.2, -0.15) is 0 Å². The molecule has 1 aromatic rings. The highest BCUT2D eigenvalue weighted by atomic mass is 16.2. The standard InChI is InChI=1S/C22H33N3O2/c1-17(2)20(23-21(26)18-9-5-3-6-10-18)22(27)25-15-13-24(14-16-25)19-11-7-4-8-12-19/h4,7-8,11-12,17-18,20H,3,5-6,9-10,13-16H2,1-2H3,(H,23,26)/t20-/m0/s1. The summed E-state index contributed by atoms with van der Waals surface area (Å²) in [6.45, 7) is 7.11. The van der Waals surface area contributed by atoms with Gasteiger partial charge in [-0.3, -0.25) is 9.59 Å². The van der Waals surface area contributed by atoms with Crippen LogP contribution in [0.25, 0.3) is 0 Å². The van der Waals surface area contributed by atoms with Gasteiger partial charge in [0.15, 0.2) is 0 Å². The molecule has 1 heterocycles. The van der Waals surface area contributed by atoms with Crippen molar-refractivity contribution in [1.29, 1.82) is 0 Å². The minimum absolute atomic E-state index is 0.0712. The van der Waals surface area contributed by atoms with Gasteiger partial charge < -0.3 is 15.1 Å². The van der Waals surface area contributed by atoms with Crippen molar-refractivity contribution in [3.05, 3.63) is 30.3 Å². The zero-order chi connectivity index (χ0) is 19.2. The zero-order valence-corrected chi connectivity index (χ0v) is 16.7. The number of benzene rings is 1. The van der Waals surface area contributed by atoms with Crippen LogP contribution in [0, 0.1) is 11.8 Å². The number of amides is 2. The van der Waals surface area contributed by atoms with E-state index in [0.717, 1.165) is 38.8 Å². The smallest absolute Gasteiger partial charge is 0.245 e. The van der Waals surface area contributed by atoms with Crippen molar-refractivity contribution in [1.82, 2.24) is 10.2 Å². The maximum absolute atomic E-state index is 13.1. The lowest BCUT2D eigenvalue weighted by molar-refractivity contribution is -0.139. The first kappa shape index (κ1) is 19.7. The highest BCUT2D eigenvalue weighted by Crippen LogP contribution is 2.24. The molecule has 1 N–H and O–H groups in total. The molecule has 1 aromatic carbocycles. The topological polar surface area (TPSA) is 52.7 Å². The lowest BCUT2D eigenvalue weighted by Gasteiger charge is -2.38. The van der Waals surface area contributed by atoms with Gasteiger partial charge in [0.2, 0.25) is 11.8 Å². The molecule has 5 nitrogen and oxygen atoms in total. The Bertz CT molecular complexity index is 618. The fourth-order valence-electron chi connectivity index (χ4n) is 4.17. The molecule has 1 saturated heterocycles. The minimum atomic E-state index is -0.414. The molecule has 1 aliphatic carbocycles. The predicted octanol–water partition coefficient (Wildman–Crippen LogP) is 3.06. The average molecular weight is 372 g/mol. The Kier molecular flexibility index (Phi) is 6.75. The Hall–Kier alpha value is -2.04. The van der Waals surface area contributed by atoms with Crippen molar-refractivity contribution < 1.29 is 9.59 Å². The Morgan fingerprint density at radius 1 is 0.963 bits per heavy atom. The molecule has 148 valence electrons. The number of carbonyl (C=O) groups is 2. The lowest BCUT2D eigenvalue weighted by Crippen LogP contribution is -2.57. The lowest BCUT2D eigenvalue weighted by atomic mass is 9.88. The Labute approximate surface area is 163 Å². The van der Waals surface area contributed by atoms with Crippen molar-refractivity contribution in [2.45, 2.75) is 52.0 Å². The van der Waals surface area contributed by atoms with Crippen molar-refractivity contribution in [2.75, 3.05) is 31.1 Å². The molecule has 5 heteroatoms. The zero-order valence-electron chi connectivity index (χ0n) is 16.7. The number of nitrogens with one attached hydrogen (secondary N) is 1. The van der Waals surface area contributed by atoms with Crippen LogP contribution in [-0.4, -0.2) is 48.9 Å². The van der Waals surface area contributed by atoms with E-state index in [1.807, 2.05) is 36.9 Å². The molecule has 2 aliphatic rings. The number of piperazine rings is 1. The molecule has 0 bridgehead atoms. The molecule has 1 saturated carbocycles. The maximum atomic E-state index is 13.1. The number of anilines is 1. The molecule has 3 rings (SSSR count). The number of carbonyl (C=O) groups excluding carboxylic acids is 2. The third-order valence-electron chi connectivity index (χ3n) is 5.92.